The molecule has 0 aromatic carbocycles. The van der Waals surface area contributed by atoms with E-state index in [-0.39, 0.29) is 17.4 Å². The first kappa shape index (κ1) is 16.6. The topological polar surface area (TPSA) is 122 Å². The largest absolute Gasteiger partial charge is 0.480 e. The van der Waals surface area contributed by atoms with Crippen molar-refractivity contribution in [2.24, 2.45) is 5.92 Å². The molecule has 1 unspecified atom stereocenters. The van der Waals surface area contributed by atoms with Crippen LogP contribution in [-0.2, 0) is 21.4 Å². The van der Waals surface area contributed by atoms with Crippen molar-refractivity contribution in [3.05, 3.63) is 12.4 Å². The Labute approximate surface area is 117 Å². The van der Waals surface area contributed by atoms with Gasteiger partial charge in [-0.05, 0) is 12.3 Å². The highest BCUT2D eigenvalue weighted by atomic mass is 32.2. The van der Waals surface area contributed by atoms with Crippen molar-refractivity contribution >= 4 is 16.0 Å². The maximum Gasteiger partial charge on any atom is 0.325 e. The van der Waals surface area contributed by atoms with Gasteiger partial charge in [0.2, 0.25) is 10.0 Å². The summed E-state index contributed by atoms with van der Waals surface area (Å²) in [5.74, 6) is -0.886. The van der Waals surface area contributed by atoms with E-state index >= 15 is 0 Å². The number of carboxylic acid groups (broad SMARTS) is 1. The average Bonchev–Trinajstić information content (AvgIpc) is 2.75. The second-order valence-corrected chi connectivity index (χ2v) is 6.61. The summed E-state index contributed by atoms with van der Waals surface area (Å²) < 4.78 is 27.5. The number of nitrogens with one attached hydrogen (secondary N) is 1. The SMILES string of the molecule is CC(C)CC(CO)NS(=O)(=O)c1cnn(CC(=O)O)c1. The Morgan fingerprint density at radius 2 is 2.15 bits per heavy atom. The monoisotopic (exact) mass is 305 g/mol. The molecule has 1 rings (SSSR count). The Morgan fingerprint density at radius 1 is 1.50 bits per heavy atom. The zero-order chi connectivity index (χ0) is 15.3. The molecule has 0 saturated heterocycles. The first-order valence-corrected chi connectivity index (χ1v) is 7.60. The molecule has 0 saturated carbocycles. The molecule has 0 amide bonds. The van der Waals surface area contributed by atoms with Gasteiger partial charge >= 0.3 is 5.97 Å². The van der Waals surface area contributed by atoms with Gasteiger partial charge in [-0.1, -0.05) is 13.8 Å². The fraction of sp³-hybridized carbons (Fsp3) is 0.636. The molecule has 0 bridgehead atoms. The van der Waals surface area contributed by atoms with Crippen molar-refractivity contribution in [3.8, 4) is 0 Å². The lowest BCUT2D eigenvalue weighted by atomic mass is 10.1. The van der Waals surface area contributed by atoms with Crippen molar-refractivity contribution in [1.29, 1.82) is 0 Å². The molecule has 0 aliphatic heterocycles. The summed E-state index contributed by atoms with van der Waals surface area (Å²) in [6.45, 7) is 3.12. The molecule has 114 valence electrons. The number of hydrogen-bond acceptors (Lipinski definition) is 5. The fourth-order valence-corrected chi connectivity index (χ4v) is 2.92. The van der Waals surface area contributed by atoms with Crippen molar-refractivity contribution < 1.29 is 23.4 Å². The van der Waals surface area contributed by atoms with Crippen LogP contribution in [-0.4, -0.2) is 47.0 Å². The molecule has 8 nitrogen and oxygen atoms in total. The van der Waals surface area contributed by atoms with Gasteiger partial charge in [0.15, 0.2) is 0 Å². The van der Waals surface area contributed by atoms with E-state index in [1.807, 2.05) is 13.8 Å². The number of aliphatic hydroxyl groups is 1. The molecular formula is C11H19N3O5S. The van der Waals surface area contributed by atoms with Crippen LogP contribution >= 0.6 is 0 Å². The summed E-state index contributed by atoms with van der Waals surface area (Å²) in [4.78, 5) is 10.4. The Bertz CT molecular complexity index is 552. The predicted octanol–water partition coefficient (Wildman–Crippen LogP) is -0.347. The van der Waals surface area contributed by atoms with E-state index in [9.17, 15) is 18.3 Å². The summed E-state index contributed by atoms with van der Waals surface area (Å²) in [6, 6.07) is -0.581. The molecule has 3 N–H and O–H groups in total. The third kappa shape index (κ3) is 4.91. The Balaban J connectivity index is 2.82. The van der Waals surface area contributed by atoms with Gasteiger partial charge in [-0.25, -0.2) is 13.1 Å². The van der Waals surface area contributed by atoms with Crippen molar-refractivity contribution in [2.75, 3.05) is 6.61 Å². The molecule has 1 aromatic rings. The fourth-order valence-electron chi connectivity index (χ4n) is 1.72. The lowest BCUT2D eigenvalue weighted by molar-refractivity contribution is -0.137. The van der Waals surface area contributed by atoms with Crippen molar-refractivity contribution in [2.45, 2.75) is 37.8 Å². The van der Waals surface area contributed by atoms with Crippen LogP contribution in [0.1, 0.15) is 20.3 Å². The van der Waals surface area contributed by atoms with E-state index in [2.05, 4.69) is 9.82 Å². The normalized spacial score (nSPS) is 13.6. The van der Waals surface area contributed by atoms with E-state index in [1.165, 1.54) is 0 Å². The van der Waals surface area contributed by atoms with E-state index in [0.717, 1.165) is 17.1 Å². The lowest BCUT2D eigenvalue weighted by Gasteiger charge is -2.17. The van der Waals surface area contributed by atoms with Crippen LogP contribution in [0.2, 0.25) is 0 Å². The molecule has 1 atom stereocenters. The standard InChI is InChI=1S/C11H19N3O5S/c1-8(2)3-9(7-15)13-20(18,19)10-4-12-14(5-10)6-11(16)17/h4-5,8-9,13,15H,3,6-7H2,1-2H3,(H,16,17). The summed E-state index contributed by atoms with van der Waals surface area (Å²) in [5, 5.41) is 21.5. The average molecular weight is 305 g/mol. The van der Waals surface area contributed by atoms with E-state index in [0.29, 0.717) is 6.42 Å². The summed E-state index contributed by atoms with van der Waals surface area (Å²) in [6.07, 6.45) is 2.72. The first-order chi connectivity index (χ1) is 9.24. The number of rotatable bonds is 8. The van der Waals surface area contributed by atoms with Crippen molar-refractivity contribution in [1.82, 2.24) is 14.5 Å². The van der Waals surface area contributed by atoms with Gasteiger partial charge in [-0.3, -0.25) is 9.48 Å². The molecule has 1 aromatic heterocycles. The van der Waals surface area contributed by atoms with Crippen LogP contribution in [0, 0.1) is 5.92 Å². The van der Waals surface area contributed by atoms with Gasteiger partial charge in [-0.2, -0.15) is 5.10 Å². The molecule has 0 aliphatic carbocycles. The second-order valence-electron chi connectivity index (χ2n) is 4.90. The highest BCUT2D eigenvalue weighted by molar-refractivity contribution is 7.89. The van der Waals surface area contributed by atoms with Crippen LogP contribution in [0.3, 0.4) is 0 Å². The maximum atomic E-state index is 12.1. The van der Waals surface area contributed by atoms with Gasteiger partial charge in [0.1, 0.15) is 11.4 Å². The molecule has 0 radical (unpaired) electrons. The smallest absolute Gasteiger partial charge is 0.325 e. The minimum absolute atomic E-state index is 0.124. The zero-order valence-corrected chi connectivity index (χ0v) is 12.2. The Morgan fingerprint density at radius 3 is 2.65 bits per heavy atom. The van der Waals surface area contributed by atoms with E-state index in [4.69, 9.17) is 5.11 Å². The number of aromatic nitrogens is 2. The number of nitrogens with zero attached hydrogens (tertiary/aromatic N) is 2. The summed E-state index contributed by atoms with van der Waals surface area (Å²) in [5.41, 5.74) is 0. The zero-order valence-electron chi connectivity index (χ0n) is 11.4. The highest BCUT2D eigenvalue weighted by Crippen LogP contribution is 2.11. The minimum Gasteiger partial charge on any atom is -0.480 e. The summed E-state index contributed by atoms with van der Waals surface area (Å²) >= 11 is 0. The molecule has 0 fully saturated rings. The second kappa shape index (κ2) is 6.82. The van der Waals surface area contributed by atoms with Gasteiger partial charge in [0.25, 0.3) is 0 Å². The lowest BCUT2D eigenvalue weighted by Crippen LogP contribution is -2.38. The quantitative estimate of drug-likeness (QED) is 0.603. The minimum atomic E-state index is -3.82. The molecule has 0 spiro atoms. The van der Waals surface area contributed by atoms with Crippen molar-refractivity contribution in [3.63, 3.8) is 0 Å². The third-order valence-corrected chi connectivity index (χ3v) is 3.99. The number of aliphatic carboxylic acids is 1. The van der Waals surface area contributed by atoms with E-state index < -0.39 is 28.6 Å². The van der Waals surface area contributed by atoms with Crippen LogP contribution in [0.5, 0.6) is 0 Å². The maximum absolute atomic E-state index is 12.1. The Kier molecular flexibility index (Phi) is 5.66. The molecule has 1 heterocycles. The number of sulfonamides is 1. The Hall–Kier alpha value is -1.45. The molecule has 0 aliphatic rings. The van der Waals surface area contributed by atoms with Gasteiger partial charge in [-0.15, -0.1) is 0 Å². The van der Waals surface area contributed by atoms with Crippen LogP contribution < -0.4 is 4.72 Å². The molecule has 20 heavy (non-hydrogen) atoms. The van der Waals surface area contributed by atoms with Crippen LogP contribution in [0.4, 0.5) is 0 Å². The molecular weight excluding hydrogens is 286 g/mol. The molecule has 9 heteroatoms. The summed E-state index contributed by atoms with van der Waals surface area (Å²) in [7, 11) is -3.82. The highest BCUT2D eigenvalue weighted by Gasteiger charge is 2.22. The van der Waals surface area contributed by atoms with Gasteiger partial charge in [0.05, 0.1) is 12.8 Å². The van der Waals surface area contributed by atoms with Crippen LogP contribution in [0.25, 0.3) is 0 Å². The number of aliphatic hydroxyl groups excluding tert-OH is 1. The number of hydrogen-bond donors (Lipinski definition) is 3. The van der Waals surface area contributed by atoms with E-state index in [1.54, 1.807) is 0 Å². The third-order valence-electron chi connectivity index (χ3n) is 2.52. The number of carboxylic acids is 1. The van der Waals surface area contributed by atoms with Gasteiger partial charge in [0, 0.05) is 12.2 Å². The van der Waals surface area contributed by atoms with Crippen LogP contribution in [0.15, 0.2) is 17.3 Å². The number of carbonyl (C=O) groups is 1. The first-order valence-electron chi connectivity index (χ1n) is 6.12. The predicted molar refractivity (Wildman–Crippen MR) is 70.5 cm³/mol. The van der Waals surface area contributed by atoms with Gasteiger partial charge < -0.3 is 10.2 Å².